The van der Waals surface area contributed by atoms with E-state index in [1.165, 1.54) is 16.0 Å². The Hall–Kier alpha value is -1.39. The number of ether oxygens (including phenoxy) is 1. The van der Waals surface area contributed by atoms with E-state index < -0.39 is 0 Å². The lowest BCUT2D eigenvalue weighted by molar-refractivity contribution is 0.305. The van der Waals surface area contributed by atoms with Crippen LogP contribution in [0.1, 0.15) is 33.6 Å². The molecule has 0 radical (unpaired) electrons. The van der Waals surface area contributed by atoms with Gasteiger partial charge >= 0.3 is 0 Å². The minimum atomic E-state index is 0.514. The van der Waals surface area contributed by atoms with Crippen molar-refractivity contribution in [2.45, 2.75) is 40.3 Å². The lowest BCUT2D eigenvalue weighted by atomic mass is 10.1. The minimum Gasteiger partial charge on any atom is -0.486 e. The molecule has 0 fully saturated rings. The first-order valence-electron chi connectivity index (χ1n) is 6.51. The molecule has 0 saturated carbocycles. The molecular weight excluding hydrogens is 256 g/mol. The molecule has 0 atom stereocenters. The molecule has 0 bridgehead atoms. The van der Waals surface area contributed by atoms with Crippen LogP contribution in [0.2, 0.25) is 0 Å². The molecule has 1 heterocycles. The number of hydrogen-bond acceptors (Lipinski definition) is 4. The second kappa shape index (κ2) is 6.17. The van der Waals surface area contributed by atoms with Crippen molar-refractivity contribution >= 4 is 11.3 Å². The van der Waals surface area contributed by atoms with E-state index in [2.05, 4.69) is 37.9 Å². The van der Waals surface area contributed by atoms with Crippen molar-refractivity contribution in [2.24, 2.45) is 5.73 Å². The van der Waals surface area contributed by atoms with Crippen LogP contribution in [0.5, 0.6) is 5.75 Å². The third-order valence-corrected chi connectivity index (χ3v) is 4.28. The topological polar surface area (TPSA) is 48.1 Å². The lowest BCUT2D eigenvalue weighted by Gasteiger charge is -2.06. The molecule has 0 spiro atoms. The van der Waals surface area contributed by atoms with E-state index in [1.54, 1.807) is 11.3 Å². The molecule has 2 rings (SSSR count). The molecule has 19 heavy (non-hydrogen) atoms. The molecular formula is C15H20N2OS. The van der Waals surface area contributed by atoms with Gasteiger partial charge < -0.3 is 10.5 Å². The van der Waals surface area contributed by atoms with Gasteiger partial charge in [-0.05, 0) is 43.5 Å². The average Bonchev–Trinajstić information content (AvgIpc) is 2.82. The fraction of sp³-hybridized carbons (Fsp3) is 0.400. The molecule has 3 nitrogen and oxygen atoms in total. The van der Waals surface area contributed by atoms with Crippen LogP contribution in [0.4, 0.5) is 0 Å². The van der Waals surface area contributed by atoms with Crippen molar-refractivity contribution in [3.8, 4) is 5.75 Å². The highest BCUT2D eigenvalue weighted by Gasteiger charge is 2.09. The summed E-state index contributed by atoms with van der Waals surface area (Å²) in [5.41, 5.74) is 9.34. The Morgan fingerprint density at radius 2 is 2.05 bits per heavy atom. The predicted molar refractivity (Wildman–Crippen MR) is 79.6 cm³/mol. The summed E-state index contributed by atoms with van der Waals surface area (Å²) in [5, 5.41) is 0.996. The zero-order chi connectivity index (χ0) is 13.8. The molecule has 1 aromatic heterocycles. The molecule has 1 aromatic carbocycles. The molecule has 0 aliphatic rings. The van der Waals surface area contributed by atoms with Gasteiger partial charge in [-0.25, -0.2) is 4.98 Å². The van der Waals surface area contributed by atoms with Gasteiger partial charge in [-0.3, -0.25) is 0 Å². The van der Waals surface area contributed by atoms with Crippen LogP contribution in [-0.2, 0) is 19.6 Å². The summed E-state index contributed by atoms with van der Waals surface area (Å²) in [4.78, 5) is 5.74. The van der Waals surface area contributed by atoms with Crippen LogP contribution >= 0.6 is 11.3 Å². The summed E-state index contributed by atoms with van der Waals surface area (Å²) < 4.78 is 5.79. The van der Waals surface area contributed by atoms with Crippen molar-refractivity contribution in [3.63, 3.8) is 0 Å². The van der Waals surface area contributed by atoms with Gasteiger partial charge in [0.25, 0.3) is 0 Å². The molecule has 0 amide bonds. The Morgan fingerprint density at radius 3 is 2.63 bits per heavy atom. The number of rotatable bonds is 5. The summed E-state index contributed by atoms with van der Waals surface area (Å²) in [6, 6.07) is 6.14. The summed E-state index contributed by atoms with van der Waals surface area (Å²) >= 11 is 1.65. The second-order valence-electron chi connectivity index (χ2n) is 4.57. The highest BCUT2D eigenvalue weighted by molar-refractivity contribution is 7.11. The van der Waals surface area contributed by atoms with Gasteiger partial charge in [0.15, 0.2) is 0 Å². The van der Waals surface area contributed by atoms with E-state index >= 15 is 0 Å². The first kappa shape index (κ1) is 14.0. The van der Waals surface area contributed by atoms with Crippen LogP contribution in [0.3, 0.4) is 0 Å². The molecule has 102 valence electrons. The second-order valence-corrected chi connectivity index (χ2v) is 5.74. The van der Waals surface area contributed by atoms with Gasteiger partial charge in [-0.2, -0.15) is 0 Å². The highest BCUT2D eigenvalue weighted by Crippen LogP contribution is 2.22. The SMILES string of the molecule is CCc1nc(COc2ccc(C)c(C)c2)sc1CN. The van der Waals surface area contributed by atoms with Crippen molar-refractivity contribution in [1.82, 2.24) is 4.98 Å². The van der Waals surface area contributed by atoms with Crippen LogP contribution in [0.15, 0.2) is 18.2 Å². The van der Waals surface area contributed by atoms with E-state index in [1.807, 2.05) is 6.07 Å². The molecule has 0 aliphatic heterocycles. The third-order valence-electron chi connectivity index (χ3n) is 3.18. The van der Waals surface area contributed by atoms with Crippen LogP contribution < -0.4 is 10.5 Å². The number of nitrogens with two attached hydrogens (primary N) is 1. The summed E-state index contributed by atoms with van der Waals surface area (Å²) in [6.45, 7) is 7.36. The largest absolute Gasteiger partial charge is 0.486 e. The summed E-state index contributed by atoms with van der Waals surface area (Å²) in [5.74, 6) is 0.894. The normalized spacial score (nSPS) is 10.7. The van der Waals surface area contributed by atoms with E-state index in [0.717, 1.165) is 22.9 Å². The Morgan fingerprint density at radius 1 is 1.26 bits per heavy atom. The van der Waals surface area contributed by atoms with Gasteiger partial charge in [0.1, 0.15) is 17.4 Å². The quantitative estimate of drug-likeness (QED) is 0.911. The van der Waals surface area contributed by atoms with Gasteiger partial charge in [-0.1, -0.05) is 13.0 Å². The number of aromatic nitrogens is 1. The zero-order valence-corrected chi connectivity index (χ0v) is 12.5. The Balaban J connectivity index is 2.05. The van der Waals surface area contributed by atoms with Crippen LogP contribution in [0, 0.1) is 13.8 Å². The fourth-order valence-electron chi connectivity index (χ4n) is 1.88. The molecule has 0 aliphatic carbocycles. The first-order valence-corrected chi connectivity index (χ1v) is 7.33. The Kier molecular flexibility index (Phi) is 4.56. The van der Waals surface area contributed by atoms with Crippen molar-refractivity contribution in [2.75, 3.05) is 0 Å². The predicted octanol–water partition coefficient (Wildman–Crippen LogP) is 3.36. The summed E-state index contributed by atoms with van der Waals surface area (Å²) in [6.07, 6.45) is 0.923. The van der Waals surface area contributed by atoms with Crippen LogP contribution in [0.25, 0.3) is 0 Å². The van der Waals surface area contributed by atoms with E-state index in [-0.39, 0.29) is 0 Å². The van der Waals surface area contributed by atoms with E-state index in [9.17, 15) is 0 Å². The van der Waals surface area contributed by atoms with Gasteiger partial charge in [0, 0.05) is 11.4 Å². The maximum atomic E-state index is 5.79. The number of aryl methyl sites for hydroxylation is 3. The number of hydrogen-bond donors (Lipinski definition) is 1. The standard InChI is InChI=1S/C15H20N2OS/c1-4-13-14(8-16)19-15(17-13)9-18-12-6-5-10(2)11(3)7-12/h5-7H,4,8-9,16H2,1-3H3. The highest BCUT2D eigenvalue weighted by atomic mass is 32.1. The van der Waals surface area contributed by atoms with Crippen molar-refractivity contribution in [3.05, 3.63) is 44.9 Å². The van der Waals surface area contributed by atoms with Gasteiger partial charge in [-0.15, -0.1) is 11.3 Å². The zero-order valence-electron chi connectivity index (χ0n) is 11.7. The van der Waals surface area contributed by atoms with E-state index in [0.29, 0.717) is 13.2 Å². The number of thiazole rings is 1. The maximum Gasteiger partial charge on any atom is 0.140 e. The van der Waals surface area contributed by atoms with Crippen LogP contribution in [-0.4, -0.2) is 4.98 Å². The number of benzene rings is 1. The molecule has 0 saturated heterocycles. The third kappa shape index (κ3) is 3.33. The summed E-state index contributed by atoms with van der Waals surface area (Å²) in [7, 11) is 0. The van der Waals surface area contributed by atoms with Crippen molar-refractivity contribution < 1.29 is 4.74 Å². The Bertz CT molecular complexity index is 542. The first-order chi connectivity index (χ1) is 9.13. The average molecular weight is 276 g/mol. The van der Waals surface area contributed by atoms with E-state index in [4.69, 9.17) is 10.5 Å². The Labute approximate surface area is 118 Å². The minimum absolute atomic E-state index is 0.514. The maximum absolute atomic E-state index is 5.79. The van der Waals surface area contributed by atoms with Crippen molar-refractivity contribution in [1.29, 1.82) is 0 Å². The molecule has 0 unspecified atom stereocenters. The molecule has 2 N–H and O–H groups in total. The van der Waals surface area contributed by atoms with Gasteiger partial charge in [0.05, 0.1) is 5.69 Å². The smallest absolute Gasteiger partial charge is 0.140 e. The van der Waals surface area contributed by atoms with Gasteiger partial charge in [0.2, 0.25) is 0 Å². The monoisotopic (exact) mass is 276 g/mol. The number of nitrogens with zero attached hydrogens (tertiary/aromatic N) is 1. The fourth-order valence-corrected chi connectivity index (χ4v) is 2.83. The lowest BCUT2D eigenvalue weighted by Crippen LogP contribution is -1.97. The molecule has 4 heteroatoms. The molecule has 2 aromatic rings.